The third-order valence-electron chi connectivity index (χ3n) is 9.33. The van der Waals surface area contributed by atoms with Crippen LogP contribution < -0.4 is 0 Å². The summed E-state index contributed by atoms with van der Waals surface area (Å²) in [4.78, 5) is 17.4. The third kappa shape index (κ3) is 9.82. The van der Waals surface area contributed by atoms with E-state index < -0.39 is 0 Å². The Hall–Kier alpha value is -2.00. The Labute approximate surface area is 247 Å². The molecular weight excluding hydrogens is 517 g/mol. The first-order chi connectivity index (χ1) is 19.5. The van der Waals surface area contributed by atoms with Crippen LogP contribution >= 0.6 is 11.6 Å². The molecule has 1 aromatic rings. The highest BCUT2D eigenvalue weighted by atomic mass is 35.5. The van der Waals surface area contributed by atoms with E-state index in [1.54, 1.807) is 17.7 Å². The van der Waals surface area contributed by atoms with Crippen molar-refractivity contribution in [3.05, 3.63) is 70.2 Å². The molecule has 4 heteroatoms. The molecule has 1 aromatic carbocycles. The highest BCUT2D eigenvalue weighted by molar-refractivity contribution is 6.30. The summed E-state index contributed by atoms with van der Waals surface area (Å²) < 4.78 is 13.3. The molecule has 0 N–H and O–H groups in total. The van der Waals surface area contributed by atoms with E-state index >= 15 is 0 Å². The average molecular weight is 566 g/mol. The molecule has 4 rings (SSSR count). The highest BCUT2D eigenvalue weighted by Crippen LogP contribution is 2.35. The Morgan fingerprint density at radius 3 is 2.58 bits per heavy atom. The van der Waals surface area contributed by atoms with Crippen molar-refractivity contribution in [2.45, 2.75) is 122 Å². The topological polar surface area (TPSA) is 29.4 Å². The Balaban J connectivity index is 1.14. The van der Waals surface area contributed by atoms with Crippen LogP contribution in [-0.4, -0.2) is 11.5 Å². The number of Topliss-reactive ketones (excluding diaryl/α,β-unsaturated/α-hetero) is 1. The second-order valence-electron chi connectivity index (χ2n) is 12.5. The number of hydrogen-bond acceptors (Lipinski definition) is 2. The lowest BCUT2D eigenvalue weighted by Gasteiger charge is -2.26. The number of rotatable bonds is 11. The molecule has 2 aliphatic carbocycles. The van der Waals surface area contributed by atoms with Crippen LogP contribution in [0, 0.1) is 23.6 Å². The third-order valence-corrected chi connectivity index (χ3v) is 9.62. The van der Waals surface area contributed by atoms with E-state index in [1.165, 1.54) is 81.6 Å². The van der Waals surface area contributed by atoms with Crippen molar-refractivity contribution in [3.8, 4) is 0 Å². The van der Waals surface area contributed by atoms with Gasteiger partial charge in [0.2, 0.25) is 0 Å². The molecule has 3 aliphatic rings. The monoisotopic (exact) mass is 565 g/mol. The fourth-order valence-corrected chi connectivity index (χ4v) is 7.14. The molecule has 0 amide bonds. The lowest BCUT2D eigenvalue weighted by molar-refractivity contribution is -0.119. The minimum atomic E-state index is -0.374. The van der Waals surface area contributed by atoms with E-state index in [2.05, 4.69) is 31.4 Å². The molecule has 40 heavy (non-hydrogen) atoms. The summed E-state index contributed by atoms with van der Waals surface area (Å²) >= 11 is 5.87. The summed E-state index contributed by atoms with van der Waals surface area (Å²) in [5.74, 6) is 2.15. The SMILES string of the molecule is CC1CC=CN=C(CC2CCCC(CCCC(=O)CCCCc3ccc(F)c(Cl)c3)CCC2)C2=C1CCCC=C2. The maximum absolute atomic E-state index is 13.3. The number of ketones is 1. The first-order valence-corrected chi connectivity index (χ1v) is 16.4. The van der Waals surface area contributed by atoms with Gasteiger partial charge >= 0.3 is 0 Å². The van der Waals surface area contributed by atoms with Crippen LogP contribution in [0.4, 0.5) is 4.39 Å². The Morgan fingerprint density at radius 2 is 1.77 bits per heavy atom. The smallest absolute Gasteiger partial charge is 0.141 e. The number of halogens is 2. The van der Waals surface area contributed by atoms with E-state index in [9.17, 15) is 9.18 Å². The minimum absolute atomic E-state index is 0.179. The van der Waals surface area contributed by atoms with Crippen molar-refractivity contribution in [2.24, 2.45) is 22.7 Å². The number of aryl methyl sites for hydroxylation is 1. The summed E-state index contributed by atoms with van der Waals surface area (Å²) in [6, 6.07) is 4.91. The van der Waals surface area contributed by atoms with E-state index in [1.807, 2.05) is 0 Å². The molecule has 1 unspecified atom stereocenters. The summed E-state index contributed by atoms with van der Waals surface area (Å²) in [5, 5.41) is 0.179. The van der Waals surface area contributed by atoms with Gasteiger partial charge in [0.25, 0.3) is 0 Å². The van der Waals surface area contributed by atoms with Gasteiger partial charge < -0.3 is 0 Å². The molecule has 0 saturated heterocycles. The van der Waals surface area contributed by atoms with E-state index in [4.69, 9.17) is 16.6 Å². The van der Waals surface area contributed by atoms with Crippen molar-refractivity contribution in [1.29, 1.82) is 0 Å². The standard InChI is InChI=1S/C36H49ClFNO/c1-27-11-10-24-39-36(33-21-4-2-3-20-32(27)33)26-29-16-7-13-28(14-8-17-29)15-9-19-31(40)18-6-5-12-30-22-23-35(38)34(37)25-30/h4,10,21-25,27-29H,2-3,5-9,11-20,26H2,1H3. The molecule has 1 heterocycles. The highest BCUT2D eigenvalue weighted by Gasteiger charge is 2.23. The maximum atomic E-state index is 13.3. The molecule has 2 nitrogen and oxygen atoms in total. The lowest BCUT2D eigenvalue weighted by atomic mass is 9.80. The Morgan fingerprint density at radius 1 is 1.00 bits per heavy atom. The second-order valence-corrected chi connectivity index (χ2v) is 12.9. The zero-order chi connectivity index (χ0) is 28.2. The fourth-order valence-electron chi connectivity index (χ4n) is 6.93. The van der Waals surface area contributed by atoms with E-state index in [0.29, 0.717) is 18.1 Å². The predicted molar refractivity (Wildman–Crippen MR) is 167 cm³/mol. The van der Waals surface area contributed by atoms with Crippen LogP contribution in [0.5, 0.6) is 0 Å². The average Bonchev–Trinajstić information content (AvgIpc) is 3.17. The van der Waals surface area contributed by atoms with Gasteiger partial charge in [-0.3, -0.25) is 9.79 Å². The number of unbranched alkanes of at least 4 members (excludes halogenated alkanes) is 1. The molecule has 0 spiro atoms. The summed E-state index contributed by atoms with van der Waals surface area (Å²) in [6.45, 7) is 2.39. The van der Waals surface area contributed by atoms with Gasteiger partial charge in [0.05, 0.1) is 5.02 Å². The van der Waals surface area contributed by atoms with Gasteiger partial charge in [-0.2, -0.15) is 0 Å². The van der Waals surface area contributed by atoms with Crippen molar-refractivity contribution >= 4 is 23.1 Å². The largest absolute Gasteiger partial charge is 0.300 e. The van der Waals surface area contributed by atoms with E-state index in [0.717, 1.165) is 62.3 Å². The van der Waals surface area contributed by atoms with Crippen LogP contribution in [0.25, 0.3) is 0 Å². The van der Waals surface area contributed by atoms with Crippen molar-refractivity contribution in [1.82, 2.24) is 0 Å². The van der Waals surface area contributed by atoms with Gasteiger partial charge in [-0.05, 0) is 98.8 Å². The lowest BCUT2D eigenvalue weighted by Crippen LogP contribution is -2.17. The van der Waals surface area contributed by atoms with Crippen LogP contribution in [-0.2, 0) is 11.2 Å². The molecule has 0 aromatic heterocycles. The maximum Gasteiger partial charge on any atom is 0.141 e. The quantitative estimate of drug-likeness (QED) is 0.245. The van der Waals surface area contributed by atoms with Gasteiger partial charge in [-0.25, -0.2) is 4.39 Å². The number of allylic oxidation sites excluding steroid dienone is 5. The molecule has 1 aliphatic heterocycles. The number of benzene rings is 1. The number of carbonyl (C=O) groups is 1. The summed E-state index contributed by atoms with van der Waals surface area (Å²) in [6.07, 6.45) is 29.1. The zero-order valence-corrected chi connectivity index (χ0v) is 25.4. The first-order valence-electron chi connectivity index (χ1n) is 16.1. The van der Waals surface area contributed by atoms with Crippen LogP contribution in [0.1, 0.15) is 122 Å². The summed E-state index contributed by atoms with van der Waals surface area (Å²) in [5.41, 5.74) is 5.46. The van der Waals surface area contributed by atoms with Crippen molar-refractivity contribution in [3.63, 3.8) is 0 Å². The second kappa shape index (κ2) is 16.4. The molecule has 218 valence electrons. The molecule has 1 saturated carbocycles. The van der Waals surface area contributed by atoms with Crippen LogP contribution in [0.3, 0.4) is 0 Å². The zero-order valence-electron chi connectivity index (χ0n) is 24.6. The van der Waals surface area contributed by atoms with Gasteiger partial charge in [0.15, 0.2) is 0 Å². The number of aliphatic imine (C=N–C) groups is 1. The van der Waals surface area contributed by atoms with Gasteiger partial charge in [-0.1, -0.05) is 93.3 Å². The van der Waals surface area contributed by atoms with Gasteiger partial charge in [-0.15, -0.1) is 0 Å². The molecule has 1 fully saturated rings. The minimum Gasteiger partial charge on any atom is -0.300 e. The van der Waals surface area contributed by atoms with Gasteiger partial charge in [0.1, 0.15) is 11.6 Å². The number of nitrogens with zero attached hydrogens (tertiary/aromatic N) is 1. The fraction of sp³-hybridized carbons (Fsp3) is 0.611. The molecular formula is C36H49ClFNO. The predicted octanol–water partition coefficient (Wildman–Crippen LogP) is 10.9. The number of hydrogen-bond donors (Lipinski definition) is 0. The van der Waals surface area contributed by atoms with Crippen molar-refractivity contribution < 1.29 is 9.18 Å². The van der Waals surface area contributed by atoms with Crippen LogP contribution in [0.2, 0.25) is 5.02 Å². The summed E-state index contributed by atoms with van der Waals surface area (Å²) in [7, 11) is 0. The van der Waals surface area contributed by atoms with Crippen molar-refractivity contribution in [2.75, 3.05) is 0 Å². The molecule has 0 radical (unpaired) electrons. The Bertz CT molecular complexity index is 1090. The molecule has 0 bridgehead atoms. The van der Waals surface area contributed by atoms with Crippen LogP contribution in [0.15, 0.2) is 58.8 Å². The first kappa shape index (κ1) is 30.9. The number of carbonyl (C=O) groups excluding carboxylic acids is 1. The normalized spacial score (nSPS) is 23.9. The molecule has 1 atom stereocenters. The Kier molecular flexibility index (Phi) is 12.7. The van der Waals surface area contributed by atoms with Gasteiger partial charge in [0, 0.05) is 24.8 Å². The van der Waals surface area contributed by atoms with E-state index in [-0.39, 0.29) is 10.8 Å².